The minimum absolute atomic E-state index is 0.0997. The molecule has 0 aliphatic heterocycles. The third-order valence-corrected chi connectivity index (χ3v) is 3.14. The number of nitrogens with zero attached hydrogens (tertiary/aromatic N) is 3. The summed E-state index contributed by atoms with van der Waals surface area (Å²) >= 11 is 0. The van der Waals surface area contributed by atoms with E-state index in [1.54, 1.807) is 6.21 Å². The van der Waals surface area contributed by atoms with E-state index in [9.17, 15) is 10.1 Å². The van der Waals surface area contributed by atoms with Crippen molar-refractivity contribution in [2.24, 2.45) is 5.10 Å². The average molecular weight is 298 g/mol. The van der Waals surface area contributed by atoms with Gasteiger partial charge in [-0.3, -0.25) is 15.5 Å². The van der Waals surface area contributed by atoms with E-state index >= 15 is 0 Å². The molecule has 0 amide bonds. The Bertz CT molecular complexity index is 688. The van der Waals surface area contributed by atoms with Crippen molar-refractivity contribution in [1.82, 2.24) is 4.98 Å². The topological polar surface area (TPSA) is 80.4 Å². The van der Waals surface area contributed by atoms with E-state index in [0.29, 0.717) is 0 Å². The highest BCUT2D eigenvalue weighted by Gasteiger charge is 2.13. The largest absolute Gasteiger partial charge is 0.313 e. The summed E-state index contributed by atoms with van der Waals surface area (Å²) in [5.74, 6) is 0.120. The molecule has 6 nitrogen and oxygen atoms in total. The highest BCUT2D eigenvalue weighted by molar-refractivity contribution is 5.80. The molecule has 0 unspecified atom stereocenters. The van der Waals surface area contributed by atoms with Gasteiger partial charge in [0.2, 0.25) is 5.82 Å². The first kappa shape index (κ1) is 15.6. The Balaban J connectivity index is 2.09. The van der Waals surface area contributed by atoms with Gasteiger partial charge in [-0.05, 0) is 22.6 Å². The first-order valence-electron chi connectivity index (χ1n) is 6.87. The Labute approximate surface area is 129 Å². The number of rotatable bonds is 4. The number of nitrogens with one attached hydrogen (secondary N) is 1. The van der Waals surface area contributed by atoms with Gasteiger partial charge >= 0.3 is 5.69 Å². The molecular weight excluding hydrogens is 280 g/mol. The van der Waals surface area contributed by atoms with Crippen LogP contribution in [0.25, 0.3) is 0 Å². The van der Waals surface area contributed by atoms with E-state index in [1.165, 1.54) is 23.9 Å². The maximum atomic E-state index is 10.9. The summed E-state index contributed by atoms with van der Waals surface area (Å²) in [6, 6.07) is 10.9. The first-order valence-corrected chi connectivity index (χ1v) is 6.87. The van der Waals surface area contributed by atoms with E-state index in [-0.39, 0.29) is 16.9 Å². The van der Waals surface area contributed by atoms with E-state index in [0.717, 1.165) is 5.56 Å². The van der Waals surface area contributed by atoms with Crippen molar-refractivity contribution in [3.8, 4) is 0 Å². The van der Waals surface area contributed by atoms with E-state index in [4.69, 9.17) is 0 Å². The average Bonchev–Trinajstić information content (AvgIpc) is 2.47. The molecule has 0 spiro atoms. The Morgan fingerprint density at radius 3 is 2.50 bits per heavy atom. The lowest BCUT2D eigenvalue weighted by molar-refractivity contribution is -0.384. The van der Waals surface area contributed by atoms with Crippen LogP contribution in [0.3, 0.4) is 0 Å². The first-order chi connectivity index (χ1) is 10.4. The summed E-state index contributed by atoms with van der Waals surface area (Å²) in [6.07, 6.45) is 3.08. The standard InChI is InChI=1S/C16H18N4O2/c1-16(2,3)13-8-6-12(7-9-13)11-18-19-15-14(20(21)22)5-4-10-17-15/h4-11H,1-3H3,(H,17,19)/b18-11-. The Hall–Kier alpha value is -2.76. The SMILES string of the molecule is CC(C)(C)c1ccc(/C=N\Nc2ncccc2[N+](=O)[O-])cc1. The zero-order chi connectivity index (χ0) is 16.2. The van der Waals surface area contributed by atoms with Gasteiger partial charge in [0, 0.05) is 12.3 Å². The number of hydrazone groups is 1. The second-order valence-electron chi connectivity index (χ2n) is 5.87. The minimum atomic E-state index is -0.497. The molecule has 1 N–H and O–H groups in total. The van der Waals surface area contributed by atoms with Gasteiger partial charge in [-0.1, -0.05) is 45.0 Å². The van der Waals surface area contributed by atoms with Crippen LogP contribution in [0.4, 0.5) is 11.5 Å². The molecule has 114 valence electrons. The van der Waals surface area contributed by atoms with Crippen molar-refractivity contribution in [2.45, 2.75) is 26.2 Å². The molecule has 0 radical (unpaired) electrons. The molecule has 0 atom stereocenters. The van der Waals surface area contributed by atoms with Gasteiger partial charge in [0.05, 0.1) is 11.1 Å². The third-order valence-electron chi connectivity index (χ3n) is 3.14. The van der Waals surface area contributed by atoms with Gasteiger partial charge in [0.15, 0.2) is 0 Å². The van der Waals surface area contributed by atoms with Gasteiger partial charge in [0.1, 0.15) is 0 Å². The molecule has 1 aromatic carbocycles. The highest BCUT2D eigenvalue weighted by atomic mass is 16.6. The number of nitro groups is 1. The van der Waals surface area contributed by atoms with Crippen molar-refractivity contribution < 1.29 is 4.92 Å². The van der Waals surface area contributed by atoms with Crippen LogP contribution in [0.5, 0.6) is 0 Å². The van der Waals surface area contributed by atoms with Crippen LogP contribution in [0.1, 0.15) is 31.9 Å². The maximum Gasteiger partial charge on any atom is 0.313 e. The number of aromatic nitrogens is 1. The van der Waals surface area contributed by atoms with Crippen molar-refractivity contribution in [2.75, 3.05) is 5.43 Å². The molecule has 0 aliphatic rings. The monoisotopic (exact) mass is 298 g/mol. The molecule has 6 heteroatoms. The van der Waals surface area contributed by atoms with E-state index < -0.39 is 4.92 Å². The second-order valence-corrected chi connectivity index (χ2v) is 5.87. The summed E-state index contributed by atoms with van der Waals surface area (Å²) in [5.41, 5.74) is 4.73. The van der Waals surface area contributed by atoms with Crippen LogP contribution in [-0.2, 0) is 5.41 Å². The van der Waals surface area contributed by atoms with Crippen LogP contribution in [-0.4, -0.2) is 16.1 Å². The Morgan fingerprint density at radius 2 is 1.91 bits per heavy atom. The number of benzene rings is 1. The van der Waals surface area contributed by atoms with Gasteiger partial charge < -0.3 is 0 Å². The number of hydrogen-bond acceptors (Lipinski definition) is 5. The third kappa shape index (κ3) is 3.88. The second kappa shape index (κ2) is 6.34. The van der Waals surface area contributed by atoms with E-state index in [1.807, 2.05) is 24.3 Å². The molecule has 0 saturated heterocycles. The Morgan fingerprint density at radius 1 is 1.23 bits per heavy atom. The highest BCUT2D eigenvalue weighted by Crippen LogP contribution is 2.22. The predicted octanol–water partition coefficient (Wildman–Crippen LogP) is 3.73. The van der Waals surface area contributed by atoms with Crippen molar-refractivity contribution >= 4 is 17.7 Å². The van der Waals surface area contributed by atoms with Crippen molar-refractivity contribution in [3.63, 3.8) is 0 Å². The van der Waals surface area contributed by atoms with Gasteiger partial charge in [-0.15, -0.1) is 0 Å². The summed E-state index contributed by atoms with van der Waals surface area (Å²) in [7, 11) is 0. The van der Waals surface area contributed by atoms with E-state index in [2.05, 4.69) is 36.3 Å². The summed E-state index contributed by atoms with van der Waals surface area (Å²) in [6.45, 7) is 6.45. The zero-order valence-corrected chi connectivity index (χ0v) is 12.8. The molecular formula is C16H18N4O2. The van der Waals surface area contributed by atoms with Crippen LogP contribution in [0, 0.1) is 10.1 Å². The van der Waals surface area contributed by atoms with Gasteiger partial charge in [0.25, 0.3) is 0 Å². The fourth-order valence-electron chi connectivity index (χ4n) is 1.87. The smallest absolute Gasteiger partial charge is 0.258 e. The predicted molar refractivity (Wildman–Crippen MR) is 87.3 cm³/mol. The van der Waals surface area contributed by atoms with Gasteiger partial charge in [-0.25, -0.2) is 4.98 Å². The zero-order valence-electron chi connectivity index (χ0n) is 12.8. The molecule has 0 saturated carbocycles. The number of pyridine rings is 1. The lowest BCUT2D eigenvalue weighted by Crippen LogP contribution is -2.10. The van der Waals surface area contributed by atoms with Crippen LogP contribution < -0.4 is 5.43 Å². The lowest BCUT2D eigenvalue weighted by Gasteiger charge is -2.18. The van der Waals surface area contributed by atoms with Gasteiger partial charge in [-0.2, -0.15) is 5.10 Å². The molecule has 1 aromatic heterocycles. The molecule has 22 heavy (non-hydrogen) atoms. The molecule has 0 aliphatic carbocycles. The van der Waals surface area contributed by atoms with Crippen molar-refractivity contribution in [3.05, 3.63) is 63.8 Å². The van der Waals surface area contributed by atoms with Crippen LogP contribution in [0.15, 0.2) is 47.7 Å². The van der Waals surface area contributed by atoms with Crippen molar-refractivity contribution in [1.29, 1.82) is 0 Å². The quantitative estimate of drug-likeness (QED) is 0.530. The number of hydrogen-bond donors (Lipinski definition) is 1. The lowest BCUT2D eigenvalue weighted by atomic mass is 9.87. The molecule has 0 fully saturated rings. The molecule has 1 heterocycles. The fourth-order valence-corrected chi connectivity index (χ4v) is 1.87. The molecule has 0 bridgehead atoms. The number of anilines is 1. The molecule has 2 aromatic rings. The minimum Gasteiger partial charge on any atom is -0.258 e. The summed E-state index contributed by atoms with van der Waals surface area (Å²) in [5, 5.41) is 14.9. The van der Waals surface area contributed by atoms with Crippen LogP contribution in [0.2, 0.25) is 0 Å². The van der Waals surface area contributed by atoms with Crippen LogP contribution >= 0.6 is 0 Å². The molecule has 2 rings (SSSR count). The summed E-state index contributed by atoms with van der Waals surface area (Å²) < 4.78 is 0. The normalized spacial score (nSPS) is 11.6. The fraction of sp³-hybridized carbons (Fsp3) is 0.250. The Kier molecular flexibility index (Phi) is 4.50. The maximum absolute atomic E-state index is 10.9. The summed E-state index contributed by atoms with van der Waals surface area (Å²) in [4.78, 5) is 14.3.